The zero-order chi connectivity index (χ0) is 18.4. The van der Waals surface area contributed by atoms with E-state index in [1.165, 1.54) is 16.8 Å². The Balaban J connectivity index is 2.23. The van der Waals surface area contributed by atoms with Gasteiger partial charge in [-0.05, 0) is 55.0 Å². The van der Waals surface area contributed by atoms with E-state index in [9.17, 15) is 0 Å². The Hall–Kier alpha value is -2.35. The highest BCUT2D eigenvalue weighted by atomic mass is 14.9. The van der Waals surface area contributed by atoms with Crippen LogP contribution in [0.4, 0.5) is 11.4 Å². The van der Waals surface area contributed by atoms with E-state index in [2.05, 4.69) is 95.4 Å². The van der Waals surface area contributed by atoms with E-state index in [1.807, 2.05) is 6.07 Å². The van der Waals surface area contributed by atoms with Crippen molar-refractivity contribution in [2.24, 2.45) is 4.99 Å². The van der Waals surface area contributed by atoms with Crippen molar-refractivity contribution >= 4 is 17.1 Å². The van der Waals surface area contributed by atoms with Crippen LogP contribution >= 0.6 is 0 Å². The lowest BCUT2D eigenvalue weighted by molar-refractivity contribution is 0.867. The average Bonchev–Trinajstić information content (AvgIpc) is 2.55. The van der Waals surface area contributed by atoms with E-state index < -0.39 is 0 Å². The molecule has 0 fully saturated rings. The van der Waals surface area contributed by atoms with Crippen LogP contribution in [0.25, 0.3) is 0 Å². The molecule has 2 aromatic carbocycles. The minimum absolute atomic E-state index is 0.467. The summed E-state index contributed by atoms with van der Waals surface area (Å²) in [6.45, 7) is 13.0. The Morgan fingerprint density at radius 2 is 1.40 bits per heavy atom. The minimum Gasteiger partial charge on any atom is -0.359 e. The summed E-state index contributed by atoms with van der Waals surface area (Å²) in [5.41, 5.74) is 6.93. The van der Waals surface area contributed by atoms with Crippen molar-refractivity contribution in [1.29, 1.82) is 0 Å². The molecule has 0 aliphatic carbocycles. The van der Waals surface area contributed by atoms with Gasteiger partial charge in [0.25, 0.3) is 0 Å². The first-order valence-electron chi connectivity index (χ1n) is 9.07. The monoisotopic (exact) mass is 334 g/mol. The maximum atomic E-state index is 4.82. The van der Waals surface area contributed by atoms with Crippen molar-refractivity contribution in [3.8, 4) is 0 Å². The molecule has 0 aromatic heterocycles. The molecule has 2 rings (SSSR count). The Morgan fingerprint density at radius 1 is 0.840 bits per heavy atom. The van der Waals surface area contributed by atoms with Gasteiger partial charge < -0.3 is 5.32 Å². The van der Waals surface area contributed by atoms with Crippen molar-refractivity contribution in [2.45, 2.75) is 53.4 Å². The van der Waals surface area contributed by atoms with Crippen LogP contribution < -0.4 is 5.32 Å². The molecule has 0 aliphatic rings. The summed E-state index contributed by atoms with van der Waals surface area (Å²) in [6, 6.07) is 16.8. The quantitative estimate of drug-likeness (QED) is 0.563. The van der Waals surface area contributed by atoms with Crippen LogP contribution in [0.5, 0.6) is 0 Å². The zero-order valence-electron chi connectivity index (χ0n) is 16.3. The van der Waals surface area contributed by atoms with Crippen LogP contribution in [0.15, 0.2) is 65.3 Å². The van der Waals surface area contributed by atoms with Crippen molar-refractivity contribution in [3.05, 3.63) is 71.4 Å². The second-order valence-electron chi connectivity index (χ2n) is 7.16. The number of allylic oxidation sites excluding steroid dienone is 2. The van der Waals surface area contributed by atoms with Crippen LogP contribution in [0, 0.1) is 0 Å². The molecule has 2 heteroatoms. The van der Waals surface area contributed by atoms with E-state index in [0.29, 0.717) is 11.8 Å². The molecule has 0 saturated carbocycles. The number of hydrogen-bond acceptors (Lipinski definition) is 2. The third-order valence-corrected chi connectivity index (χ3v) is 4.20. The number of anilines is 1. The molecule has 0 spiro atoms. The summed E-state index contributed by atoms with van der Waals surface area (Å²) >= 11 is 0. The van der Waals surface area contributed by atoms with Crippen LogP contribution in [0.1, 0.15) is 64.5 Å². The van der Waals surface area contributed by atoms with Crippen LogP contribution in [-0.4, -0.2) is 5.71 Å². The maximum absolute atomic E-state index is 4.82. The Bertz CT molecular complexity index is 767. The molecular weight excluding hydrogens is 304 g/mol. The van der Waals surface area contributed by atoms with Crippen molar-refractivity contribution < 1.29 is 0 Å². The number of benzene rings is 2. The molecule has 0 unspecified atom stereocenters. The van der Waals surface area contributed by atoms with E-state index in [1.54, 1.807) is 0 Å². The van der Waals surface area contributed by atoms with Gasteiger partial charge in [-0.3, -0.25) is 4.99 Å². The lowest BCUT2D eigenvalue weighted by Crippen LogP contribution is -2.02. The van der Waals surface area contributed by atoms with Gasteiger partial charge >= 0.3 is 0 Å². The second kappa shape index (κ2) is 8.66. The van der Waals surface area contributed by atoms with E-state index in [4.69, 9.17) is 4.99 Å². The summed E-state index contributed by atoms with van der Waals surface area (Å²) in [5.74, 6) is 0.957. The maximum Gasteiger partial charge on any atom is 0.0667 e. The number of nitrogens with zero attached hydrogens (tertiary/aromatic N) is 1. The molecule has 2 aromatic rings. The third-order valence-electron chi connectivity index (χ3n) is 4.20. The highest BCUT2D eigenvalue weighted by Gasteiger charge is 2.07. The molecule has 132 valence electrons. The van der Waals surface area contributed by atoms with Crippen LogP contribution in [0.3, 0.4) is 0 Å². The van der Waals surface area contributed by atoms with E-state index >= 15 is 0 Å². The molecular formula is C23H30N2. The van der Waals surface area contributed by atoms with Gasteiger partial charge in [-0.25, -0.2) is 0 Å². The van der Waals surface area contributed by atoms with E-state index in [-0.39, 0.29) is 0 Å². The van der Waals surface area contributed by atoms with Gasteiger partial charge in [0.05, 0.1) is 5.69 Å². The summed E-state index contributed by atoms with van der Waals surface area (Å²) < 4.78 is 0. The van der Waals surface area contributed by atoms with Crippen LogP contribution in [-0.2, 0) is 0 Å². The molecule has 0 aliphatic heterocycles. The molecule has 0 heterocycles. The topological polar surface area (TPSA) is 24.4 Å². The zero-order valence-corrected chi connectivity index (χ0v) is 16.3. The second-order valence-corrected chi connectivity index (χ2v) is 7.16. The SMILES string of the molecule is CC(/C=C(/C)Nc1ccccc1C(C)C)=Nc1ccccc1C(C)C. The number of nitrogens with one attached hydrogen (secondary N) is 1. The Labute approximate surface area is 152 Å². The predicted molar refractivity (Wildman–Crippen MR) is 111 cm³/mol. The van der Waals surface area contributed by atoms with Crippen molar-refractivity contribution in [3.63, 3.8) is 0 Å². The highest BCUT2D eigenvalue weighted by Crippen LogP contribution is 2.27. The number of rotatable bonds is 6. The van der Waals surface area contributed by atoms with Gasteiger partial charge in [0.2, 0.25) is 0 Å². The smallest absolute Gasteiger partial charge is 0.0667 e. The largest absolute Gasteiger partial charge is 0.359 e. The van der Waals surface area contributed by atoms with Gasteiger partial charge in [-0.1, -0.05) is 64.1 Å². The number of para-hydroxylation sites is 2. The summed E-state index contributed by atoms with van der Waals surface area (Å²) in [7, 11) is 0. The fourth-order valence-electron chi connectivity index (χ4n) is 2.98. The van der Waals surface area contributed by atoms with Gasteiger partial charge in [0.15, 0.2) is 0 Å². The first kappa shape index (κ1) is 19.0. The summed E-state index contributed by atoms with van der Waals surface area (Å²) in [5, 5.41) is 3.53. The van der Waals surface area contributed by atoms with Gasteiger partial charge in [-0.15, -0.1) is 0 Å². The first-order valence-corrected chi connectivity index (χ1v) is 9.07. The lowest BCUT2D eigenvalue weighted by Gasteiger charge is -2.15. The molecule has 0 amide bonds. The van der Waals surface area contributed by atoms with Gasteiger partial charge in [0, 0.05) is 17.1 Å². The molecule has 25 heavy (non-hydrogen) atoms. The molecule has 0 saturated heterocycles. The number of hydrogen-bond donors (Lipinski definition) is 1. The first-order chi connectivity index (χ1) is 11.9. The average molecular weight is 335 g/mol. The molecule has 1 N–H and O–H groups in total. The summed E-state index contributed by atoms with van der Waals surface area (Å²) in [4.78, 5) is 4.82. The van der Waals surface area contributed by atoms with Crippen LogP contribution in [0.2, 0.25) is 0 Å². The third kappa shape index (κ3) is 5.32. The normalized spacial score (nSPS) is 12.8. The molecule has 0 atom stereocenters. The van der Waals surface area contributed by atoms with Gasteiger partial charge in [0.1, 0.15) is 0 Å². The standard InChI is InChI=1S/C23H30N2/c1-16(2)20-11-7-9-13-22(20)24-18(5)15-19(6)25-23-14-10-8-12-21(23)17(3)4/h7-17,24H,1-6H3/b18-15-,25-19?. The number of aliphatic imine (C=N–C) groups is 1. The fourth-order valence-corrected chi connectivity index (χ4v) is 2.98. The Kier molecular flexibility index (Phi) is 6.58. The highest BCUT2D eigenvalue weighted by molar-refractivity contribution is 5.95. The van der Waals surface area contributed by atoms with E-state index in [0.717, 1.165) is 17.1 Å². The van der Waals surface area contributed by atoms with Crippen molar-refractivity contribution in [2.75, 3.05) is 5.32 Å². The molecule has 0 bridgehead atoms. The summed E-state index contributed by atoms with van der Waals surface area (Å²) in [6.07, 6.45) is 2.11. The van der Waals surface area contributed by atoms with Gasteiger partial charge in [-0.2, -0.15) is 0 Å². The minimum atomic E-state index is 0.467. The Morgan fingerprint density at radius 3 is 2.04 bits per heavy atom. The molecule has 0 radical (unpaired) electrons. The molecule has 2 nitrogen and oxygen atoms in total. The lowest BCUT2D eigenvalue weighted by atomic mass is 10.0. The predicted octanol–water partition coefficient (Wildman–Crippen LogP) is 7.04. The van der Waals surface area contributed by atoms with Crippen molar-refractivity contribution in [1.82, 2.24) is 0 Å². The fraction of sp³-hybridized carbons (Fsp3) is 0.348.